The molecule has 0 atom stereocenters. The van der Waals surface area contributed by atoms with Crippen LogP contribution in [0.15, 0.2) is 45.0 Å². The van der Waals surface area contributed by atoms with Gasteiger partial charge in [-0.05, 0) is 18.9 Å². The lowest BCUT2D eigenvalue weighted by Crippen LogP contribution is -2.29. The summed E-state index contributed by atoms with van der Waals surface area (Å²) in [7, 11) is 1.60. The summed E-state index contributed by atoms with van der Waals surface area (Å²) in [6, 6.07) is 9.83. The van der Waals surface area contributed by atoms with Crippen molar-refractivity contribution in [1.82, 2.24) is 19.1 Å². The normalized spacial score (nSPS) is 11.9. The van der Waals surface area contributed by atoms with Crippen LogP contribution < -0.4 is 16.7 Å². The maximum absolute atomic E-state index is 12.5. The standard InChI is InChI=1S/C22H30N6O2/c1-4-5-6-7-8-12-15-28-18-19(27(3)22(30)24-20(18)29)23-21(28)26-25-16(2)17-13-10-9-11-14-17/h9-11,13-14H,4-8,12,15H2,1-3H3,(H,23,26)(H,24,29,30)/b25-16+. The number of H-pyrrole nitrogens is 1. The van der Waals surface area contributed by atoms with Crippen LogP contribution in [0.1, 0.15) is 57.9 Å². The summed E-state index contributed by atoms with van der Waals surface area (Å²) in [5, 5.41) is 4.45. The van der Waals surface area contributed by atoms with Gasteiger partial charge in [0.25, 0.3) is 5.56 Å². The lowest BCUT2D eigenvalue weighted by Gasteiger charge is -2.09. The summed E-state index contributed by atoms with van der Waals surface area (Å²) in [5.41, 5.74) is 4.64. The molecular weight excluding hydrogens is 380 g/mol. The number of hydrogen-bond donors (Lipinski definition) is 2. The van der Waals surface area contributed by atoms with Crippen molar-refractivity contribution in [2.24, 2.45) is 12.1 Å². The van der Waals surface area contributed by atoms with E-state index in [0.29, 0.717) is 23.7 Å². The number of aromatic nitrogens is 4. The molecule has 0 aliphatic heterocycles. The highest BCUT2D eigenvalue weighted by atomic mass is 16.2. The van der Waals surface area contributed by atoms with E-state index in [4.69, 9.17) is 0 Å². The van der Waals surface area contributed by atoms with Crippen molar-refractivity contribution < 1.29 is 0 Å². The van der Waals surface area contributed by atoms with E-state index >= 15 is 0 Å². The van der Waals surface area contributed by atoms with Gasteiger partial charge >= 0.3 is 5.69 Å². The summed E-state index contributed by atoms with van der Waals surface area (Å²) in [6.45, 7) is 4.74. The highest BCUT2D eigenvalue weighted by Gasteiger charge is 2.17. The molecule has 0 amide bonds. The van der Waals surface area contributed by atoms with E-state index in [1.807, 2.05) is 41.8 Å². The van der Waals surface area contributed by atoms with E-state index in [2.05, 4.69) is 27.4 Å². The van der Waals surface area contributed by atoms with Gasteiger partial charge in [-0.1, -0.05) is 69.4 Å². The van der Waals surface area contributed by atoms with E-state index in [0.717, 1.165) is 24.1 Å². The first kappa shape index (κ1) is 21.5. The van der Waals surface area contributed by atoms with Crippen LogP contribution >= 0.6 is 0 Å². The molecule has 0 spiro atoms. The third-order valence-electron chi connectivity index (χ3n) is 5.26. The number of nitrogens with one attached hydrogen (secondary N) is 2. The fraction of sp³-hybridized carbons (Fsp3) is 0.455. The third-order valence-corrected chi connectivity index (χ3v) is 5.26. The second-order valence-corrected chi connectivity index (χ2v) is 7.52. The number of benzene rings is 1. The number of aromatic amines is 1. The van der Waals surface area contributed by atoms with Crippen molar-refractivity contribution >= 4 is 22.8 Å². The van der Waals surface area contributed by atoms with Gasteiger partial charge in [0, 0.05) is 13.6 Å². The van der Waals surface area contributed by atoms with E-state index in [9.17, 15) is 9.59 Å². The molecule has 30 heavy (non-hydrogen) atoms. The second kappa shape index (κ2) is 10.0. The molecule has 0 bridgehead atoms. The van der Waals surface area contributed by atoms with Gasteiger partial charge < -0.3 is 4.57 Å². The summed E-state index contributed by atoms with van der Waals surface area (Å²) in [6.07, 6.45) is 6.85. The Bertz CT molecular complexity index is 1120. The average Bonchev–Trinajstić information content (AvgIpc) is 3.12. The van der Waals surface area contributed by atoms with Gasteiger partial charge in [0.1, 0.15) is 0 Å². The van der Waals surface area contributed by atoms with Crippen LogP contribution in [0.2, 0.25) is 0 Å². The Kier molecular flexibility index (Phi) is 7.21. The van der Waals surface area contributed by atoms with Crippen molar-refractivity contribution in [2.45, 2.75) is 58.9 Å². The molecule has 0 fully saturated rings. The minimum Gasteiger partial charge on any atom is -0.303 e. The number of anilines is 1. The van der Waals surface area contributed by atoms with Crippen LogP contribution in [-0.2, 0) is 13.6 Å². The van der Waals surface area contributed by atoms with Crippen LogP contribution in [0, 0.1) is 0 Å². The number of fused-ring (bicyclic) bond motifs is 1. The van der Waals surface area contributed by atoms with E-state index < -0.39 is 11.2 Å². The number of rotatable bonds is 10. The van der Waals surface area contributed by atoms with Crippen LogP contribution in [0.5, 0.6) is 0 Å². The van der Waals surface area contributed by atoms with E-state index in [1.54, 1.807) is 7.05 Å². The van der Waals surface area contributed by atoms with E-state index in [-0.39, 0.29) is 0 Å². The Hall–Kier alpha value is -3.16. The Balaban J connectivity index is 1.90. The zero-order chi connectivity index (χ0) is 21.5. The molecule has 0 unspecified atom stereocenters. The first-order valence-corrected chi connectivity index (χ1v) is 10.6. The first-order valence-electron chi connectivity index (χ1n) is 10.6. The molecule has 0 saturated carbocycles. The second-order valence-electron chi connectivity index (χ2n) is 7.52. The number of aryl methyl sites for hydroxylation is 2. The highest BCUT2D eigenvalue weighted by molar-refractivity contribution is 5.99. The van der Waals surface area contributed by atoms with Gasteiger partial charge in [-0.3, -0.25) is 14.3 Å². The topological polar surface area (TPSA) is 97.1 Å². The molecule has 0 aliphatic rings. The van der Waals surface area contributed by atoms with Crippen molar-refractivity contribution in [3.05, 3.63) is 56.7 Å². The van der Waals surface area contributed by atoms with Crippen molar-refractivity contribution in [2.75, 3.05) is 5.43 Å². The van der Waals surface area contributed by atoms with Crippen LogP contribution in [0.4, 0.5) is 5.95 Å². The number of imidazole rings is 1. The Morgan fingerprint density at radius 1 is 1.10 bits per heavy atom. The molecule has 8 nitrogen and oxygen atoms in total. The Morgan fingerprint density at radius 3 is 2.53 bits per heavy atom. The summed E-state index contributed by atoms with van der Waals surface area (Å²) < 4.78 is 3.18. The van der Waals surface area contributed by atoms with E-state index in [1.165, 1.54) is 30.3 Å². The Labute approximate surface area is 175 Å². The van der Waals surface area contributed by atoms with Gasteiger partial charge in [0.05, 0.1) is 5.71 Å². The molecular formula is C22H30N6O2. The molecule has 0 radical (unpaired) electrons. The maximum Gasteiger partial charge on any atom is 0.329 e. The summed E-state index contributed by atoms with van der Waals surface area (Å²) in [5.74, 6) is 0.459. The van der Waals surface area contributed by atoms with Gasteiger partial charge in [-0.15, -0.1) is 0 Å². The summed E-state index contributed by atoms with van der Waals surface area (Å²) in [4.78, 5) is 31.4. The molecule has 3 rings (SSSR count). The number of hydrogen-bond acceptors (Lipinski definition) is 5. The molecule has 2 aromatic heterocycles. The van der Waals surface area contributed by atoms with Crippen LogP contribution in [0.3, 0.4) is 0 Å². The molecule has 1 aromatic carbocycles. The maximum atomic E-state index is 12.5. The molecule has 2 N–H and O–H groups in total. The highest BCUT2D eigenvalue weighted by Crippen LogP contribution is 2.17. The molecule has 0 aliphatic carbocycles. The predicted octanol–water partition coefficient (Wildman–Crippen LogP) is 3.62. The monoisotopic (exact) mass is 410 g/mol. The minimum absolute atomic E-state index is 0.352. The Morgan fingerprint density at radius 2 is 1.80 bits per heavy atom. The zero-order valence-corrected chi connectivity index (χ0v) is 17.9. The van der Waals surface area contributed by atoms with Crippen molar-refractivity contribution in [3.8, 4) is 0 Å². The third kappa shape index (κ3) is 4.87. The van der Waals surface area contributed by atoms with Gasteiger partial charge in [-0.2, -0.15) is 10.1 Å². The number of hydrazone groups is 1. The smallest absolute Gasteiger partial charge is 0.303 e. The largest absolute Gasteiger partial charge is 0.329 e. The molecule has 8 heteroatoms. The van der Waals surface area contributed by atoms with Gasteiger partial charge in [0.2, 0.25) is 5.95 Å². The molecule has 0 saturated heterocycles. The fourth-order valence-corrected chi connectivity index (χ4v) is 3.47. The van der Waals surface area contributed by atoms with Gasteiger partial charge in [0.15, 0.2) is 11.2 Å². The fourth-order valence-electron chi connectivity index (χ4n) is 3.47. The first-order chi connectivity index (χ1) is 14.5. The lowest BCUT2D eigenvalue weighted by atomic mass is 10.1. The average molecular weight is 411 g/mol. The molecule has 160 valence electrons. The number of nitrogens with zero attached hydrogens (tertiary/aromatic N) is 4. The van der Waals surface area contributed by atoms with Crippen LogP contribution in [-0.4, -0.2) is 24.8 Å². The molecule has 2 heterocycles. The van der Waals surface area contributed by atoms with Gasteiger partial charge in [-0.25, -0.2) is 10.2 Å². The predicted molar refractivity (Wildman–Crippen MR) is 121 cm³/mol. The quantitative estimate of drug-likeness (QED) is 0.303. The minimum atomic E-state index is -0.479. The van der Waals surface area contributed by atoms with Crippen LogP contribution in [0.25, 0.3) is 11.2 Å². The number of unbranched alkanes of at least 4 members (excludes halogenated alkanes) is 5. The zero-order valence-electron chi connectivity index (χ0n) is 17.9. The van der Waals surface area contributed by atoms with Crippen molar-refractivity contribution in [1.29, 1.82) is 0 Å². The van der Waals surface area contributed by atoms with Crippen molar-refractivity contribution in [3.63, 3.8) is 0 Å². The summed E-state index contributed by atoms with van der Waals surface area (Å²) >= 11 is 0. The molecule has 3 aromatic rings. The lowest BCUT2D eigenvalue weighted by molar-refractivity contribution is 0.565. The SMILES string of the molecule is CCCCCCCCn1c(N/N=C(\C)c2ccccc2)nc2c1c(=O)[nH]c(=O)n2C.